The van der Waals surface area contributed by atoms with E-state index in [1.54, 1.807) is 12.1 Å². The molecule has 3 nitrogen and oxygen atoms in total. The molecule has 0 saturated heterocycles. The summed E-state index contributed by atoms with van der Waals surface area (Å²) in [7, 11) is -1.48. The maximum absolute atomic E-state index is 9.49. The molecule has 6 aromatic carbocycles. The zero-order valence-corrected chi connectivity index (χ0v) is 19.6. The molecule has 0 aliphatic rings. The lowest BCUT2D eigenvalue weighted by Gasteiger charge is -2.26. The first-order chi connectivity index (χ1) is 17.7. The molecule has 0 radical (unpaired) electrons. The van der Waals surface area contributed by atoms with Crippen LogP contribution in [-0.2, 0) is 0 Å². The fraction of sp³-hybridized carbons (Fsp3) is 0. The molecule has 0 atom stereocenters. The summed E-state index contributed by atoms with van der Waals surface area (Å²) < 4.78 is 0. The zero-order chi connectivity index (χ0) is 24.5. The van der Waals surface area contributed by atoms with Crippen LogP contribution in [0.15, 0.2) is 133 Å². The van der Waals surface area contributed by atoms with Gasteiger partial charge in [0.15, 0.2) is 0 Å². The molecule has 4 heteroatoms. The first-order valence-corrected chi connectivity index (χ1v) is 12.0. The van der Waals surface area contributed by atoms with Crippen LogP contribution in [0.2, 0.25) is 0 Å². The average molecular weight is 465 g/mol. The SMILES string of the molecule is OB(O)c1ccc(N(c2ccccc2)c2ccc(-c3ccc4ccc5ccccc5c4c3)cc2)cc1. The summed E-state index contributed by atoms with van der Waals surface area (Å²) in [6, 6.07) is 45.6. The summed E-state index contributed by atoms with van der Waals surface area (Å²) in [4.78, 5) is 2.16. The van der Waals surface area contributed by atoms with Gasteiger partial charge in [-0.2, -0.15) is 0 Å². The highest BCUT2D eigenvalue weighted by Gasteiger charge is 2.15. The lowest BCUT2D eigenvalue weighted by molar-refractivity contribution is 0.426. The third-order valence-electron chi connectivity index (χ3n) is 6.67. The van der Waals surface area contributed by atoms with E-state index in [1.807, 2.05) is 30.3 Å². The summed E-state index contributed by atoms with van der Waals surface area (Å²) in [5.41, 5.74) is 5.79. The van der Waals surface area contributed by atoms with Crippen LogP contribution in [0.1, 0.15) is 0 Å². The van der Waals surface area contributed by atoms with Crippen LogP contribution < -0.4 is 10.4 Å². The Bertz CT molecular complexity index is 1650. The molecule has 6 aromatic rings. The molecule has 0 saturated carbocycles. The number of nitrogens with zero attached hydrogens (tertiary/aromatic N) is 1. The van der Waals surface area contributed by atoms with Gasteiger partial charge < -0.3 is 14.9 Å². The Morgan fingerprint density at radius 2 is 0.972 bits per heavy atom. The van der Waals surface area contributed by atoms with Crippen LogP contribution in [-0.4, -0.2) is 17.2 Å². The minimum atomic E-state index is -1.48. The monoisotopic (exact) mass is 465 g/mol. The van der Waals surface area contributed by atoms with Crippen LogP contribution >= 0.6 is 0 Å². The Balaban J connectivity index is 1.40. The van der Waals surface area contributed by atoms with Gasteiger partial charge in [0.25, 0.3) is 0 Å². The van der Waals surface area contributed by atoms with Crippen molar-refractivity contribution in [2.45, 2.75) is 0 Å². The standard InChI is InChI=1S/C32H24BNO2/c35-33(36)27-16-20-30(21-17-27)34(28-7-2-1-3-8-28)29-18-14-23(15-19-29)26-13-12-25-11-10-24-6-4-5-9-31(24)32(25)22-26/h1-22,35-36H. The second kappa shape index (κ2) is 9.35. The van der Waals surface area contributed by atoms with Crippen molar-refractivity contribution in [3.8, 4) is 11.1 Å². The minimum absolute atomic E-state index is 0.464. The van der Waals surface area contributed by atoms with Gasteiger partial charge >= 0.3 is 7.12 Å². The summed E-state index contributed by atoms with van der Waals surface area (Å²) in [5.74, 6) is 0. The van der Waals surface area contributed by atoms with Crippen molar-refractivity contribution in [1.29, 1.82) is 0 Å². The topological polar surface area (TPSA) is 43.7 Å². The molecule has 0 aliphatic heterocycles. The van der Waals surface area contributed by atoms with Crippen LogP contribution in [0.3, 0.4) is 0 Å². The fourth-order valence-electron chi connectivity index (χ4n) is 4.80. The van der Waals surface area contributed by atoms with Crippen LogP contribution in [0.5, 0.6) is 0 Å². The summed E-state index contributed by atoms with van der Waals surface area (Å²) >= 11 is 0. The normalized spacial score (nSPS) is 11.1. The number of anilines is 3. The van der Waals surface area contributed by atoms with E-state index in [0.29, 0.717) is 5.46 Å². The highest BCUT2D eigenvalue weighted by molar-refractivity contribution is 6.58. The van der Waals surface area contributed by atoms with E-state index in [0.717, 1.165) is 22.6 Å². The molecule has 0 spiro atoms. The lowest BCUT2D eigenvalue weighted by Crippen LogP contribution is -2.29. The van der Waals surface area contributed by atoms with Gasteiger partial charge in [-0.05, 0) is 80.6 Å². The lowest BCUT2D eigenvalue weighted by atomic mass is 9.80. The highest BCUT2D eigenvalue weighted by atomic mass is 16.4. The van der Waals surface area contributed by atoms with Crippen molar-refractivity contribution in [2.24, 2.45) is 0 Å². The molecule has 2 N–H and O–H groups in total. The van der Waals surface area contributed by atoms with E-state index in [-0.39, 0.29) is 0 Å². The zero-order valence-electron chi connectivity index (χ0n) is 19.6. The van der Waals surface area contributed by atoms with Crippen molar-refractivity contribution in [3.63, 3.8) is 0 Å². The van der Waals surface area contributed by atoms with Crippen molar-refractivity contribution >= 4 is 51.2 Å². The number of hydrogen-bond donors (Lipinski definition) is 2. The molecular formula is C32H24BNO2. The number of rotatable bonds is 5. The van der Waals surface area contributed by atoms with Crippen LogP contribution in [0.4, 0.5) is 17.1 Å². The Hall–Kier alpha value is -4.38. The largest absolute Gasteiger partial charge is 0.488 e. The summed E-state index contributed by atoms with van der Waals surface area (Å²) in [6.07, 6.45) is 0. The molecule has 0 aromatic heterocycles. The molecule has 36 heavy (non-hydrogen) atoms. The van der Waals surface area contributed by atoms with Gasteiger partial charge in [0.05, 0.1) is 0 Å². The van der Waals surface area contributed by atoms with E-state index >= 15 is 0 Å². The summed E-state index contributed by atoms with van der Waals surface area (Å²) in [5, 5.41) is 24.0. The second-order valence-electron chi connectivity index (χ2n) is 8.91. The Kier molecular flexibility index (Phi) is 5.74. The van der Waals surface area contributed by atoms with Gasteiger partial charge in [-0.15, -0.1) is 0 Å². The van der Waals surface area contributed by atoms with Crippen molar-refractivity contribution in [1.82, 2.24) is 0 Å². The molecule has 0 unspecified atom stereocenters. The number of benzene rings is 6. The Morgan fingerprint density at radius 1 is 0.444 bits per heavy atom. The van der Waals surface area contributed by atoms with Crippen LogP contribution in [0, 0.1) is 0 Å². The molecule has 6 rings (SSSR count). The quantitative estimate of drug-likeness (QED) is 0.217. The highest BCUT2D eigenvalue weighted by Crippen LogP contribution is 2.36. The maximum atomic E-state index is 9.49. The molecule has 0 fully saturated rings. The second-order valence-corrected chi connectivity index (χ2v) is 8.91. The van der Waals surface area contributed by atoms with E-state index in [9.17, 15) is 10.0 Å². The van der Waals surface area contributed by atoms with E-state index in [1.165, 1.54) is 27.1 Å². The number of fused-ring (bicyclic) bond motifs is 3. The molecular weight excluding hydrogens is 441 g/mol. The molecule has 0 aliphatic carbocycles. The van der Waals surface area contributed by atoms with Gasteiger partial charge in [-0.25, -0.2) is 0 Å². The Morgan fingerprint density at radius 3 is 1.67 bits per heavy atom. The smallest absolute Gasteiger partial charge is 0.423 e. The molecule has 0 bridgehead atoms. The predicted octanol–water partition coefficient (Wildman–Crippen LogP) is 6.81. The van der Waals surface area contributed by atoms with E-state index in [2.05, 4.69) is 95.9 Å². The van der Waals surface area contributed by atoms with Crippen molar-refractivity contribution in [3.05, 3.63) is 133 Å². The fourth-order valence-corrected chi connectivity index (χ4v) is 4.80. The predicted molar refractivity (Wildman–Crippen MR) is 151 cm³/mol. The van der Waals surface area contributed by atoms with Crippen LogP contribution in [0.25, 0.3) is 32.7 Å². The van der Waals surface area contributed by atoms with Gasteiger partial charge in [0.1, 0.15) is 0 Å². The number of para-hydroxylation sites is 1. The number of hydrogen-bond acceptors (Lipinski definition) is 3. The molecule has 0 amide bonds. The maximum Gasteiger partial charge on any atom is 0.488 e. The van der Waals surface area contributed by atoms with Crippen molar-refractivity contribution in [2.75, 3.05) is 4.90 Å². The van der Waals surface area contributed by atoms with Gasteiger partial charge in [-0.1, -0.05) is 91.0 Å². The third kappa shape index (κ3) is 4.13. The summed E-state index contributed by atoms with van der Waals surface area (Å²) in [6.45, 7) is 0. The molecule has 0 heterocycles. The van der Waals surface area contributed by atoms with Crippen molar-refractivity contribution < 1.29 is 10.0 Å². The third-order valence-corrected chi connectivity index (χ3v) is 6.67. The average Bonchev–Trinajstić information content (AvgIpc) is 2.94. The van der Waals surface area contributed by atoms with Gasteiger partial charge in [-0.3, -0.25) is 0 Å². The van der Waals surface area contributed by atoms with Gasteiger partial charge in [0, 0.05) is 17.1 Å². The first-order valence-electron chi connectivity index (χ1n) is 12.0. The molecule has 172 valence electrons. The van der Waals surface area contributed by atoms with E-state index < -0.39 is 7.12 Å². The first kappa shape index (κ1) is 22.1. The Labute approximate surface area is 210 Å². The minimum Gasteiger partial charge on any atom is -0.423 e. The van der Waals surface area contributed by atoms with E-state index in [4.69, 9.17) is 0 Å². The van der Waals surface area contributed by atoms with Gasteiger partial charge in [0.2, 0.25) is 0 Å².